The summed E-state index contributed by atoms with van der Waals surface area (Å²) in [5.41, 5.74) is -1.76. The van der Waals surface area contributed by atoms with Gasteiger partial charge in [-0.05, 0) is 24.3 Å². The van der Waals surface area contributed by atoms with Crippen molar-refractivity contribution >= 4 is 5.97 Å². The number of aromatic carboxylic acids is 1. The average Bonchev–Trinajstić information content (AvgIpc) is 2.45. The molecule has 0 aliphatic rings. The molecule has 2 N–H and O–H groups in total. The fourth-order valence-corrected chi connectivity index (χ4v) is 1.83. The SMILES string of the molecule is O=C(O)c1ccc(COc2ccccc2O)c(C(F)(F)F)c1. The zero-order valence-corrected chi connectivity index (χ0v) is 11.1. The van der Waals surface area contributed by atoms with Gasteiger partial charge in [-0.1, -0.05) is 18.2 Å². The van der Waals surface area contributed by atoms with Crippen LogP contribution in [0, 0.1) is 0 Å². The zero-order valence-electron chi connectivity index (χ0n) is 11.1. The lowest BCUT2D eigenvalue weighted by Gasteiger charge is -2.15. The first kappa shape index (κ1) is 15.7. The number of alkyl halides is 3. The van der Waals surface area contributed by atoms with E-state index in [1.54, 1.807) is 12.1 Å². The Morgan fingerprint density at radius 3 is 2.41 bits per heavy atom. The van der Waals surface area contributed by atoms with E-state index in [2.05, 4.69) is 0 Å². The Kier molecular flexibility index (Phi) is 4.25. The molecule has 2 aromatic carbocycles. The van der Waals surface area contributed by atoms with Crippen LogP contribution in [-0.2, 0) is 12.8 Å². The van der Waals surface area contributed by atoms with Crippen molar-refractivity contribution in [3.05, 3.63) is 59.2 Å². The lowest BCUT2D eigenvalue weighted by atomic mass is 10.0. The molecule has 0 aliphatic heterocycles. The smallest absolute Gasteiger partial charge is 0.416 e. The van der Waals surface area contributed by atoms with Gasteiger partial charge in [-0.25, -0.2) is 4.79 Å². The summed E-state index contributed by atoms with van der Waals surface area (Å²) in [5, 5.41) is 18.3. The van der Waals surface area contributed by atoms with E-state index in [-0.39, 0.29) is 17.1 Å². The van der Waals surface area contributed by atoms with E-state index >= 15 is 0 Å². The van der Waals surface area contributed by atoms with Crippen LogP contribution < -0.4 is 4.74 Å². The maximum Gasteiger partial charge on any atom is 0.416 e. The predicted octanol–water partition coefficient (Wildman–Crippen LogP) is 3.69. The van der Waals surface area contributed by atoms with Crippen LogP contribution in [0.4, 0.5) is 13.2 Å². The zero-order chi connectivity index (χ0) is 16.3. The molecule has 0 fully saturated rings. The number of halogens is 3. The highest BCUT2D eigenvalue weighted by Crippen LogP contribution is 2.34. The van der Waals surface area contributed by atoms with Crippen molar-refractivity contribution in [3.63, 3.8) is 0 Å². The Hall–Kier alpha value is -2.70. The van der Waals surface area contributed by atoms with Crippen molar-refractivity contribution in [1.29, 1.82) is 0 Å². The van der Waals surface area contributed by atoms with Crippen molar-refractivity contribution < 1.29 is 32.9 Å². The molecule has 0 atom stereocenters. The van der Waals surface area contributed by atoms with Crippen molar-refractivity contribution in [2.45, 2.75) is 12.8 Å². The Morgan fingerprint density at radius 1 is 1.14 bits per heavy atom. The number of benzene rings is 2. The second-order valence-electron chi connectivity index (χ2n) is 4.43. The molecular weight excluding hydrogens is 301 g/mol. The number of ether oxygens (including phenoxy) is 1. The van der Waals surface area contributed by atoms with Crippen LogP contribution in [0.1, 0.15) is 21.5 Å². The molecule has 4 nitrogen and oxygen atoms in total. The van der Waals surface area contributed by atoms with Crippen LogP contribution in [0.3, 0.4) is 0 Å². The normalized spacial score (nSPS) is 11.2. The highest BCUT2D eigenvalue weighted by atomic mass is 19.4. The van der Waals surface area contributed by atoms with Gasteiger partial charge in [0.15, 0.2) is 11.5 Å². The number of carboxylic acids is 1. The second kappa shape index (κ2) is 5.97. The maximum absolute atomic E-state index is 13.0. The number of aromatic hydroxyl groups is 1. The van der Waals surface area contributed by atoms with Gasteiger partial charge in [-0.2, -0.15) is 13.2 Å². The fourth-order valence-electron chi connectivity index (χ4n) is 1.83. The number of carboxylic acid groups (broad SMARTS) is 1. The van der Waals surface area contributed by atoms with Crippen LogP contribution in [0.15, 0.2) is 42.5 Å². The topological polar surface area (TPSA) is 66.8 Å². The van der Waals surface area contributed by atoms with E-state index in [9.17, 15) is 23.1 Å². The Labute approximate surface area is 123 Å². The number of hydrogen-bond acceptors (Lipinski definition) is 3. The summed E-state index contributed by atoms with van der Waals surface area (Å²) in [5.74, 6) is -1.60. The Balaban J connectivity index is 2.31. The minimum atomic E-state index is -4.71. The van der Waals surface area contributed by atoms with E-state index in [4.69, 9.17) is 9.84 Å². The maximum atomic E-state index is 13.0. The van der Waals surface area contributed by atoms with Crippen molar-refractivity contribution in [2.24, 2.45) is 0 Å². The van der Waals surface area contributed by atoms with E-state index in [1.807, 2.05) is 0 Å². The van der Waals surface area contributed by atoms with E-state index in [0.717, 1.165) is 12.1 Å². The van der Waals surface area contributed by atoms with Gasteiger partial charge >= 0.3 is 12.1 Å². The van der Waals surface area contributed by atoms with Crippen LogP contribution >= 0.6 is 0 Å². The molecular formula is C15H11F3O4. The lowest BCUT2D eigenvalue weighted by Crippen LogP contribution is -2.13. The van der Waals surface area contributed by atoms with Gasteiger partial charge in [0, 0.05) is 5.56 Å². The molecule has 7 heteroatoms. The minimum Gasteiger partial charge on any atom is -0.504 e. The number of hydrogen-bond donors (Lipinski definition) is 2. The third-order valence-electron chi connectivity index (χ3n) is 2.91. The number of phenolic OH excluding ortho intramolecular Hbond substituents is 1. The van der Waals surface area contributed by atoms with Crippen molar-refractivity contribution in [2.75, 3.05) is 0 Å². The molecule has 0 bridgehead atoms. The van der Waals surface area contributed by atoms with Gasteiger partial charge in [0.25, 0.3) is 0 Å². The minimum absolute atomic E-state index is 0.0398. The van der Waals surface area contributed by atoms with Crippen molar-refractivity contribution in [1.82, 2.24) is 0 Å². The summed E-state index contributed by atoms with van der Waals surface area (Å²) in [4.78, 5) is 10.8. The van der Waals surface area contributed by atoms with Crippen molar-refractivity contribution in [3.8, 4) is 11.5 Å². The molecule has 116 valence electrons. The molecule has 0 radical (unpaired) electrons. The van der Waals surface area contributed by atoms with Crippen LogP contribution in [0.5, 0.6) is 11.5 Å². The summed E-state index contributed by atoms with van der Waals surface area (Å²) >= 11 is 0. The summed E-state index contributed by atoms with van der Waals surface area (Å²) < 4.78 is 44.2. The van der Waals surface area contributed by atoms with Crippen LogP contribution in [-0.4, -0.2) is 16.2 Å². The highest BCUT2D eigenvalue weighted by Gasteiger charge is 2.34. The molecule has 0 aromatic heterocycles. The van der Waals surface area contributed by atoms with Gasteiger partial charge < -0.3 is 14.9 Å². The van der Waals surface area contributed by atoms with E-state index in [1.165, 1.54) is 12.1 Å². The number of carbonyl (C=O) groups is 1. The number of phenols is 1. The molecule has 0 aliphatic carbocycles. The summed E-state index contributed by atoms with van der Waals surface area (Å²) in [6.07, 6.45) is -4.71. The molecule has 0 unspecified atom stereocenters. The molecule has 0 saturated carbocycles. The third kappa shape index (κ3) is 3.49. The molecule has 0 saturated heterocycles. The molecule has 0 amide bonds. The molecule has 0 heterocycles. The van der Waals surface area contributed by atoms with Gasteiger partial charge in [0.2, 0.25) is 0 Å². The first-order chi connectivity index (χ1) is 10.3. The third-order valence-corrected chi connectivity index (χ3v) is 2.91. The highest BCUT2D eigenvalue weighted by molar-refractivity contribution is 5.88. The van der Waals surface area contributed by atoms with E-state index < -0.39 is 29.9 Å². The summed E-state index contributed by atoms with van der Waals surface area (Å²) in [7, 11) is 0. The first-order valence-corrected chi connectivity index (χ1v) is 6.13. The second-order valence-corrected chi connectivity index (χ2v) is 4.43. The van der Waals surface area contributed by atoms with Gasteiger partial charge in [0.05, 0.1) is 11.1 Å². The van der Waals surface area contributed by atoms with Gasteiger partial charge in [-0.3, -0.25) is 0 Å². The molecule has 22 heavy (non-hydrogen) atoms. The number of para-hydroxylation sites is 2. The van der Waals surface area contributed by atoms with Gasteiger partial charge in [0.1, 0.15) is 6.61 Å². The summed E-state index contributed by atoms with van der Waals surface area (Å²) in [6.45, 7) is -0.452. The monoisotopic (exact) mass is 312 g/mol. The first-order valence-electron chi connectivity index (χ1n) is 6.13. The molecule has 0 spiro atoms. The van der Waals surface area contributed by atoms with Crippen LogP contribution in [0.2, 0.25) is 0 Å². The summed E-state index contributed by atoms with van der Waals surface area (Å²) in [6, 6.07) is 8.54. The van der Waals surface area contributed by atoms with E-state index in [0.29, 0.717) is 6.07 Å². The number of rotatable bonds is 4. The largest absolute Gasteiger partial charge is 0.504 e. The predicted molar refractivity (Wildman–Crippen MR) is 70.8 cm³/mol. The average molecular weight is 312 g/mol. The molecule has 2 rings (SSSR count). The quantitative estimate of drug-likeness (QED) is 0.903. The lowest BCUT2D eigenvalue weighted by molar-refractivity contribution is -0.138. The molecule has 2 aromatic rings. The van der Waals surface area contributed by atoms with Crippen LogP contribution in [0.25, 0.3) is 0 Å². The Bertz CT molecular complexity index is 695. The van der Waals surface area contributed by atoms with Gasteiger partial charge in [-0.15, -0.1) is 0 Å². The Morgan fingerprint density at radius 2 is 1.82 bits per heavy atom. The fraction of sp³-hybridized carbons (Fsp3) is 0.133. The standard InChI is InChI=1S/C15H11F3O4/c16-15(17,18)11-7-9(14(20)21)5-6-10(11)8-22-13-4-2-1-3-12(13)19/h1-7,19H,8H2,(H,20,21).